The molecule has 1 aromatic heterocycles. The van der Waals surface area contributed by atoms with E-state index < -0.39 is 0 Å². The standard InChI is InChI=1S/C16H29N3/c1-13(2)9-17-10-14(3)11-19(5)12-16-8-6-7-15(4)18-16/h6-8,13-14,17H,9-12H2,1-5H3. The Morgan fingerprint density at radius 2 is 1.95 bits per heavy atom. The first kappa shape index (κ1) is 16.1. The molecule has 19 heavy (non-hydrogen) atoms. The van der Waals surface area contributed by atoms with Crippen molar-refractivity contribution in [1.29, 1.82) is 0 Å². The molecule has 108 valence electrons. The maximum Gasteiger partial charge on any atom is 0.0547 e. The Morgan fingerprint density at radius 1 is 1.21 bits per heavy atom. The van der Waals surface area contributed by atoms with Crippen molar-refractivity contribution in [3.63, 3.8) is 0 Å². The van der Waals surface area contributed by atoms with Gasteiger partial charge in [-0.15, -0.1) is 0 Å². The van der Waals surface area contributed by atoms with Crippen molar-refractivity contribution in [2.24, 2.45) is 11.8 Å². The van der Waals surface area contributed by atoms with E-state index in [9.17, 15) is 0 Å². The van der Waals surface area contributed by atoms with Gasteiger partial charge >= 0.3 is 0 Å². The molecular weight excluding hydrogens is 234 g/mol. The Balaban J connectivity index is 2.28. The zero-order chi connectivity index (χ0) is 14.3. The van der Waals surface area contributed by atoms with Crippen LogP contribution in [0.3, 0.4) is 0 Å². The van der Waals surface area contributed by atoms with Crippen molar-refractivity contribution >= 4 is 0 Å². The predicted octanol–water partition coefficient (Wildman–Crippen LogP) is 2.70. The molecule has 1 rings (SSSR count). The molecule has 0 saturated carbocycles. The molecule has 0 aliphatic rings. The fourth-order valence-corrected chi connectivity index (χ4v) is 2.24. The Kier molecular flexibility index (Phi) is 7.03. The molecule has 1 aromatic rings. The third kappa shape index (κ3) is 7.28. The molecule has 0 fully saturated rings. The van der Waals surface area contributed by atoms with Gasteiger partial charge in [0.25, 0.3) is 0 Å². The summed E-state index contributed by atoms with van der Waals surface area (Å²) in [4.78, 5) is 6.90. The molecule has 0 aromatic carbocycles. The van der Waals surface area contributed by atoms with Crippen molar-refractivity contribution in [3.05, 3.63) is 29.6 Å². The second-order valence-corrected chi connectivity index (χ2v) is 6.12. The van der Waals surface area contributed by atoms with Crippen LogP contribution in [0, 0.1) is 18.8 Å². The number of hydrogen-bond donors (Lipinski definition) is 1. The van der Waals surface area contributed by atoms with E-state index in [-0.39, 0.29) is 0 Å². The van der Waals surface area contributed by atoms with Crippen molar-refractivity contribution < 1.29 is 0 Å². The highest BCUT2D eigenvalue weighted by Crippen LogP contribution is 2.04. The van der Waals surface area contributed by atoms with Gasteiger partial charge in [-0.1, -0.05) is 26.8 Å². The van der Waals surface area contributed by atoms with Crippen LogP contribution < -0.4 is 5.32 Å². The van der Waals surface area contributed by atoms with E-state index in [4.69, 9.17) is 0 Å². The summed E-state index contributed by atoms with van der Waals surface area (Å²) in [7, 11) is 2.17. The highest BCUT2D eigenvalue weighted by atomic mass is 15.1. The Labute approximate surface area is 118 Å². The molecule has 0 amide bonds. The molecule has 0 aliphatic heterocycles. The molecule has 0 radical (unpaired) electrons. The van der Waals surface area contributed by atoms with E-state index in [0.717, 1.165) is 43.5 Å². The normalized spacial score (nSPS) is 13.2. The molecule has 3 heteroatoms. The van der Waals surface area contributed by atoms with Crippen LogP contribution in [0.15, 0.2) is 18.2 Å². The average molecular weight is 263 g/mol. The quantitative estimate of drug-likeness (QED) is 0.781. The predicted molar refractivity (Wildman–Crippen MR) is 82.2 cm³/mol. The molecule has 1 N–H and O–H groups in total. The maximum absolute atomic E-state index is 4.55. The lowest BCUT2D eigenvalue weighted by molar-refractivity contribution is 0.270. The minimum Gasteiger partial charge on any atom is -0.316 e. The average Bonchev–Trinajstić information content (AvgIpc) is 2.27. The topological polar surface area (TPSA) is 28.2 Å². The maximum atomic E-state index is 4.55. The number of aryl methyl sites for hydroxylation is 1. The molecule has 0 spiro atoms. The monoisotopic (exact) mass is 263 g/mol. The van der Waals surface area contributed by atoms with Crippen LogP contribution in [0.5, 0.6) is 0 Å². The summed E-state index contributed by atoms with van der Waals surface area (Å²) >= 11 is 0. The van der Waals surface area contributed by atoms with Gasteiger partial charge in [-0.2, -0.15) is 0 Å². The van der Waals surface area contributed by atoms with E-state index in [1.165, 1.54) is 0 Å². The van der Waals surface area contributed by atoms with E-state index in [1.807, 2.05) is 13.0 Å². The number of nitrogens with one attached hydrogen (secondary N) is 1. The van der Waals surface area contributed by atoms with Crippen LogP contribution in [0.1, 0.15) is 32.2 Å². The molecule has 1 unspecified atom stereocenters. The van der Waals surface area contributed by atoms with Gasteiger partial charge in [0, 0.05) is 18.8 Å². The fraction of sp³-hybridized carbons (Fsp3) is 0.688. The van der Waals surface area contributed by atoms with E-state index in [0.29, 0.717) is 5.92 Å². The van der Waals surface area contributed by atoms with Crippen LogP contribution in [-0.2, 0) is 6.54 Å². The van der Waals surface area contributed by atoms with Gasteiger partial charge in [-0.3, -0.25) is 4.98 Å². The summed E-state index contributed by atoms with van der Waals surface area (Å²) in [6.07, 6.45) is 0. The highest BCUT2D eigenvalue weighted by Gasteiger charge is 2.08. The van der Waals surface area contributed by atoms with Crippen molar-refractivity contribution in [3.8, 4) is 0 Å². The second-order valence-electron chi connectivity index (χ2n) is 6.12. The van der Waals surface area contributed by atoms with Gasteiger partial charge in [-0.05, 0) is 51.0 Å². The Bertz CT molecular complexity index is 363. The lowest BCUT2D eigenvalue weighted by Gasteiger charge is -2.21. The lowest BCUT2D eigenvalue weighted by atomic mass is 10.1. The first-order valence-electron chi connectivity index (χ1n) is 7.29. The number of rotatable bonds is 8. The molecular formula is C16H29N3. The second kappa shape index (κ2) is 8.28. The van der Waals surface area contributed by atoms with Crippen LogP contribution in [-0.4, -0.2) is 36.6 Å². The first-order chi connectivity index (χ1) is 8.97. The van der Waals surface area contributed by atoms with Gasteiger partial charge in [-0.25, -0.2) is 0 Å². The molecule has 3 nitrogen and oxygen atoms in total. The lowest BCUT2D eigenvalue weighted by Crippen LogP contribution is -2.32. The summed E-state index contributed by atoms with van der Waals surface area (Å²) < 4.78 is 0. The van der Waals surface area contributed by atoms with E-state index in [1.54, 1.807) is 0 Å². The first-order valence-corrected chi connectivity index (χ1v) is 7.29. The Hall–Kier alpha value is -0.930. The van der Waals surface area contributed by atoms with Gasteiger partial charge < -0.3 is 10.2 Å². The summed E-state index contributed by atoms with van der Waals surface area (Å²) in [6.45, 7) is 13.0. The van der Waals surface area contributed by atoms with E-state index in [2.05, 4.69) is 55.2 Å². The molecule has 0 bridgehead atoms. The summed E-state index contributed by atoms with van der Waals surface area (Å²) in [6, 6.07) is 6.23. The third-order valence-corrected chi connectivity index (χ3v) is 3.05. The largest absolute Gasteiger partial charge is 0.316 e. The number of nitrogens with zero attached hydrogens (tertiary/aromatic N) is 2. The molecule has 0 aliphatic carbocycles. The molecule has 0 saturated heterocycles. The van der Waals surface area contributed by atoms with Gasteiger partial charge in [0.15, 0.2) is 0 Å². The van der Waals surface area contributed by atoms with Crippen LogP contribution in [0.25, 0.3) is 0 Å². The smallest absolute Gasteiger partial charge is 0.0547 e. The summed E-state index contributed by atoms with van der Waals surface area (Å²) in [5, 5.41) is 3.52. The summed E-state index contributed by atoms with van der Waals surface area (Å²) in [5.74, 6) is 1.38. The number of pyridine rings is 1. The van der Waals surface area contributed by atoms with Crippen molar-refractivity contribution in [1.82, 2.24) is 15.2 Å². The van der Waals surface area contributed by atoms with Crippen molar-refractivity contribution in [2.75, 3.05) is 26.7 Å². The van der Waals surface area contributed by atoms with E-state index >= 15 is 0 Å². The van der Waals surface area contributed by atoms with Crippen LogP contribution in [0.2, 0.25) is 0 Å². The van der Waals surface area contributed by atoms with Crippen molar-refractivity contribution in [2.45, 2.75) is 34.2 Å². The van der Waals surface area contributed by atoms with Crippen LogP contribution in [0.4, 0.5) is 0 Å². The number of aromatic nitrogens is 1. The summed E-state index contributed by atoms with van der Waals surface area (Å²) in [5.41, 5.74) is 2.25. The SMILES string of the molecule is Cc1cccc(CN(C)CC(C)CNCC(C)C)n1. The van der Waals surface area contributed by atoms with Gasteiger partial charge in [0.05, 0.1) is 5.69 Å². The third-order valence-electron chi connectivity index (χ3n) is 3.05. The Morgan fingerprint density at radius 3 is 2.58 bits per heavy atom. The minimum atomic E-state index is 0.661. The molecule has 1 atom stereocenters. The number of hydrogen-bond acceptors (Lipinski definition) is 3. The molecule has 1 heterocycles. The van der Waals surface area contributed by atoms with Gasteiger partial charge in [0.1, 0.15) is 0 Å². The minimum absolute atomic E-state index is 0.661. The fourth-order valence-electron chi connectivity index (χ4n) is 2.24. The highest BCUT2D eigenvalue weighted by molar-refractivity contribution is 5.09. The van der Waals surface area contributed by atoms with Crippen LogP contribution >= 0.6 is 0 Å². The zero-order valence-electron chi connectivity index (χ0n) is 13.1. The zero-order valence-corrected chi connectivity index (χ0v) is 13.1. The van der Waals surface area contributed by atoms with Gasteiger partial charge in [0.2, 0.25) is 0 Å².